The summed E-state index contributed by atoms with van der Waals surface area (Å²) in [7, 11) is -1.97. The molecule has 1 fully saturated rings. The molecule has 1 saturated heterocycles. The SMILES string of the molecule is COc1cc(Cc2sc(N3CCN(S(C)(=O)=O)CC3)nc2O)ccc1OCc1ccc(C(F)(F)F)cc1C(F)(F)F. The molecule has 0 bridgehead atoms. The molecule has 4 rings (SSSR count). The first-order chi connectivity index (χ1) is 19.1. The number of nitrogens with zero attached hydrogens (tertiary/aromatic N) is 3. The number of aromatic nitrogens is 1. The molecular formula is C25H25F6N3O5S2. The minimum atomic E-state index is -5.02. The van der Waals surface area contributed by atoms with E-state index in [0.29, 0.717) is 47.8 Å². The van der Waals surface area contributed by atoms with E-state index in [-0.39, 0.29) is 29.9 Å². The molecule has 1 aliphatic rings. The molecule has 1 aromatic heterocycles. The monoisotopic (exact) mass is 625 g/mol. The Morgan fingerprint density at radius 2 is 1.66 bits per heavy atom. The zero-order valence-corrected chi connectivity index (χ0v) is 23.3. The summed E-state index contributed by atoms with van der Waals surface area (Å²) in [6, 6.07) is 5.98. The molecule has 1 N–H and O–H groups in total. The number of hydrogen-bond donors (Lipinski definition) is 1. The van der Waals surface area contributed by atoms with Gasteiger partial charge in [0.2, 0.25) is 15.9 Å². The smallest absolute Gasteiger partial charge is 0.416 e. The number of aromatic hydroxyl groups is 1. The first kappa shape index (κ1) is 30.7. The van der Waals surface area contributed by atoms with Crippen molar-refractivity contribution in [2.75, 3.05) is 44.4 Å². The Labute approximate surface area is 235 Å². The third-order valence-electron chi connectivity index (χ3n) is 6.36. The van der Waals surface area contributed by atoms with Gasteiger partial charge in [-0.3, -0.25) is 0 Å². The molecule has 1 aliphatic heterocycles. The second-order valence-electron chi connectivity index (χ2n) is 9.21. The predicted molar refractivity (Wildman–Crippen MR) is 139 cm³/mol. The van der Waals surface area contributed by atoms with Crippen molar-refractivity contribution in [1.82, 2.24) is 9.29 Å². The highest BCUT2D eigenvalue weighted by molar-refractivity contribution is 7.88. The molecule has 0 saturated carbocycles. The lowest BCUT2D eigenvalue weighted by atomic mass is 10.0. The highest BCUT2D eigenvalue weighted by Crippen LogP contribution is 2.39. The van der Waals surface area contributed by atoms with Crippen LogP contribution in [-0.4, -0.2) is 62.4 Å². The van der Waals surface area contributed by atoms with Gasteiger partial charge in [0.1, 0.15) is 6.61 Å². The lowest BCUT2D eigenvalue weighted by molar-refractivity contribution is -0.143. The molecule has 41 heavy (non-hydrogen) atoms. The molecule has 0 unspecified atom stereocenters. The summed E-state index contributed by atoms with van der Waals surface area (Å²) in [4.78, 5) is 6.61. The molecule has 0 amide bonds. The van der Waals surface area contributed by atoms with Crippen molar-refractivity contribution < 1.29 is 49.3 Å². The van der Waals surface area contributed by atoms with Gasteiger partial charge >= 0.3 is 12.4 Å². The molecule has 2 aromatic carbocycles. The molecule has 0 atom stereocenters. The number of ether oxygens (including phenoxy) is 2. The van der Waals surface area contributed by atoms with Gasteiger partial charge in [0, 0.05) is 38.2 Å². The van der Waals surface area contributed by atoms with Gasteiger partial charge in [0.25, 0.3) is 0 Å². The van der Waals surface area contributed by atoms with E-state index in [4.69, 9.17) is 9.47 Å². The maximum Gasteiger partial charge on any atom is 0.416 e. The second kappa shape index (κ2) is 11.6. The Bertz CT molecular complexity index is 1500. The van der Waals surface area contributed by atoms with Crippen LogP contribution in [0.2, 0.25) is 0 Å². The van der Waals surface area contributed by atoms with Crippen molar-refractivity contribution in [3.63, 3.8) is 0 Å². The number of anilines is 1. The van der Waals surface area contributed by atoms with Crippen LogP contribution in [-0.2, 0) is 35.4 Å². The first-order valence-electron chi connectivity index (χ1n) is 12.0. The molecule has 16 heteroatoms. The molecule has 3 aromatic rings. The van der Waals surface area contributed by atoms with E-state index >= 15 is 0 Å². The van der Waals surface area contributed by atoms with Crippen molar-refractivity contribution in [2.45, 2.75) is 25.4 Å². The average Bonchev–Trinajstić information content (AvgIpc) is 3.26. The van der Waals surface area contributed by atoms with Gasteiger partial charge in [-0.1, -0.05) is 23.5 Å². The third kappa shape index (κ3) is 7.35. The Balaban J connectivity index is 1.47. The standard InChI is InChI=1S/C25H25F6N3O5S2/c1-38-20-11-15(12-21-22(35)32-23(40-21)33-7-9-34(10-8-33)41(2,36)37)3-6-19(20)39-14-16-4-5-17(24(26,27)28)13-18(16)25(29,30)31/h3-6,11,13,35H,7-10,12,14H2,1-2H3. The summed E-state index contributed by atoms with van der Waals surface area (Å²) >= 11 is 1.24. The van der Waals surface area contributed by atoms with Gasteiger partial charge in [-0.2, -0.15) is 35.6 Å². The average molecular weight is 626 g/mol. The maximum atomic E-state index is 13.5. The van der Waals surface area contributed by atoms with Crippen LogP contribution in [0.5, 0.6) is 17.4 Å². The Morgan fingerprint density at radius 3 is 2.24 bits per heavy atom. The molecule has 224 valence electrons. The van der Waals surface area contributed by atoms with E-state index in [1.54, 1.807) is 12.1 Å². The molecule has 0 radical (unpaired) electrons. The van der Waals surface area contributed by atoms with Gasteiger partial charge in [-0.15, -0.1) is 0 Å². The highest BCUT2D eigenvalue weighted by atomic mass is 32.2. The number of alkyl halides is 6. The fraction of sp³-hybridized carbons (Fsp3) is 0.400. The van der Waals surface area contributed by atoms with Crippen LogP contribution in [0, 0.1) is 0 Å². The number of methoxy groups -OCH3 is 1. The number of sulfonamides is 1. The number of thiazole rings is 1. The third-order valence-corrected chi connectivity index (χ3v) is 8.77. The van der Waals surface area contributed by atoms with Crippen LogP contribution in [0.4, 0.5) is 31.5 Å². The topological polar surface area (TPSA) is 92.2 Å². The van der Waals surface area contributed by atoms with Gasteiger partial charge in [0.15, 0.2) is 16.6 Å². The number of rotatable bonds is 8. The number of benzene rings is 2. The zero-order chi connectivity index (χ0) is 30.2. The van der Waals surface area contributed by atoms with Crippen molar-refractivity contribution in [3.05, 3.63) is 63.5 Å². The van der Waals surface area contributed by atoms with Crippen molar-refractivity contribution >= 4 is 26.5 Å². The van der Waals surface area contributed by atoms with Gasteiger partial charge in [-0.05, 0) is 29.8 Å². The summed E-state index contributed by atoms with van der Waals surface area (Å²) in [5.41, 5.74) is -2.68. The van der Waals surface area contributed by atoms with E-state index in [1.807, 2.05) is 4.90 Å². The Kier molecular flexibility index (Phi) is 8.66. The molecular weight excluding hydrogens is 600 g/mol. The van der Waals surface area contributed by atoms with Gasteiger partial charge in [0.05, 0.1) is 29.4 Å². The van der Waals surface area contributed by atoms with Crippen LogP contribution < -0.4 is 14.4 Å². The van der Waals surface area contributed by atoms with Crippen LogP contribution in [0.1, 0.15) is 27.1 Å². The zero-order valence-electron chi connectivity index (χ0n) is 21.7. The summed E-state index contributed by atoms with van der Waals surface area (Å²) in [6.07, 6.45) is -8.57. The summed E-state index contributed by atoms with van der Waals surface area (Å²) in [5, 5.41) is 10.9. The van der Waals surface area contributed by atoms with Crippen molar-refractivity contribution in [1.29, 1.82) is 0 Å². The summed E-state index contributed by atoms with van der Waals surface area (Å²) < 4.78 is 115. The van der Waals surface area contributed by atoms with E-state index in [2.05, 4.69) is 4.98 Å². The van der Waals surface area contributed by atoms with Crippen LogP contribution in [0.25, 0.3) is 0 Å². The maximum absolute atomic E-state index is 13.5. The Morgan fingerprint density at radius 1 is 0.976 bits per heavy atom. The van der Waals surface area contributed by atoms with Gasteiger partial charge in [-0.25, -0.2) is 8.42 Å². The van der Waals surface area contributed by atoms with E-state index in [0.717, 1.165) is 12.3 Å². The first-order valence-corrected chi connectivity index (χ1v) is 14.7. The van der Waals surface area contributed by atoms with Crippen molar-refractivity contribution in [2.24, 2.45) is 0 Å². The van der Waals surface area contributed by atoms with Crippen LogP contribution in [0.15, 0.2) is 36.4 Å². The lowest BCUT2D eigenvalue weighted by Gasteiger charge is -2.32. The van der Waals surface area contributed by atoms with E-state index < -0.39 is 45.7 Å². The fourth-order valence-electron chi connectivity index (χ4n) is 4.22. The number of hydrogen-bond acceptors (Lipinski definition) is 8. The van der Waals surface area contributed by atoms with Crippen molar-refractivity contribution in [3.8, 4) is 17.4 Å². The second-order valence-corrected chi connectivity index (χ2v) is 12.3. The van der Waals surface area contributed by atoms with E-state index in [1.165, 1.54) is 28.8 Å². The summed E-state index contributed by atoms with van der Waals surface area (Å²) in [6.45, 7) is 0.755. The lowest BCUT2D eigenvalue weighted by Crippen LogP contribution is -2.48. The fourth-order valence-corrected chi connectivity index (χ4v) is 6.08. The predicted octanol–water partition coefficient (Wildman–Crippen LogP) is 5.15. The molecule has 0 aliphatic carbocycles. The quantitative estimate of drug-likeness (QED) is 0.347. The van der Waals surface area contributed by atoms with Gasteiger partial charge < -0.3 is 19.5 Å². The molecule has 2 heterocycles. The largest absolute Gasteiger partial charge is 0.493 e. The normalized spacial score (nSPS) is 15.3. The van der Waals surface area contributed by atoms with Crippen LogP contribution in [0.3, 0.4) is 0 Å². The number of piperazine rings is 1. The summed E-state index contributed by atoms with van der Waals surface area (Å²) in [5.74, 6) is 0.0585. The minimum absolute atomic E-state index is 0.0560. The minimum Gasteiger partial charge on any atom is -0.493 e. The molecule has 8 nitrogen and oxygen atoms in total. The Hall–Kier alpha value is -3.24. The highest BCUT2D eigenvalue weighted by Gasteiger charge is 2.38. The number of halogens is 6. The molecule has 0 spiro atoms. The van der Waals surface area contributed by atoms with E-state index in [9.17, 15) is 39.9 Å². The van der Waals surface area contributed by atoms with Crippen LogP contribution >= 0.6 is 11.3 Å².